The van der Waals surface area contributed by atoms with E-state index in [4.69, 9.17) is 23.2 Å². The Kier molecular flexibility index (Phi) is 5.74. The zero-order valence-corrected chi connectivity index (χ0v) is 16.8. The summed E-state index contributed by atoms with van der Waals surface area (Å²) in [5.41, 5.74) is 1.31. The lowest BCUT2D eigenvalue weighted by molar-refractivity contribution is -0.130. The molecule has 0 atom stereocenters. The molecular weight excluding hydrogens is 409 g/mol. The number of amidine groups is 1. The minimum absolute atomic E-state index is 0.125. The minimum Gasteiger partial charge on any atom is -0.341 e. The van der Waals surface area contributed by atoms with E-state index in [1.54, 1.807) is 48.3 Å². The monoisotopic (exact) mass is 425 g/mol. The van der Waals surface area contributed by atoms with Crippen molar-refractivity contribution in [2.45, 2.75) is 17.9 Å². The standard InChI is InChI=1S/C18H17Cl2N3O3S/c1-23(11-12-6-7-13(19)10-15(12)20)17(24)8-9-21-18-14-4-2-3-5-16(14)27(25,26)22-18/h2-7,10H,8-9,11H2,1H3,(H,21,22). The van der Waals surface area contributed by atoms with Crippen molar-refractivity contribution in [1.82, 2.24) is 9.62 Å². The van der Waals surface area contributed by atoms with Crippen LogP contribution in [-0.4, -0.2) is 38.7 Å². The van der Waals surface area contributed by atoms with Crippen LogP contribution < -0.4 is 4.72 Å². The molecule has 0 bridgehead atoms. The lowest BCUT2D eigenvalue weighted by atomic mass is 10.2. The van der Waals surface area contributed by atoms with Crippen LogP contribution in [0.4, 0.5) is 0 Å². The molecular formula is C18H17Cl2N3O3S. The van der Waals surface area contributed by atoms with Gasteiger partial charge in [0, 0.05) is 35.6 Å². The van der Waals surface area contributed by atoms with E-state index >= 15 is 0 Å². The van der Waals surface area contributed by atoms with Crippen LogP contribution in [0.1, 0.15) is 17.5 Å². The Labute approximate surface area is 167 Å². The largest absolute Gasteiger partial charge is 0.341 e. The van der Waals surface area contributed by atoms with Gasteiger partial charge in [-0.05, 0) is 29.8 Å². The van der Waals surface area contributed by atoms with E-state index < -0.39 is 10.0 Å². The quantitative estimate of drug-likeness (QED) is 0.798. The number of rotatable bonds is 5. The van der Waals surface area contributed by atoms with Crippen LogP contribution in [0.3, 0.4) is 0 Å². The molecule has 0 radical (unpaired) electrons. The van der Waals surface area contributed by atoms with Crippen LogP contribution in [0, 0.1) is 0 Å². The number of nitrogens with one attached hydrogen (secondary N) is 1. The SMILES string of the molecule is CN(Cc1ccc(Cl)cc1Cl)C(=O)CCN=C1NS(=O)(=O)c2ccccc21. The van der Waals surface area contributed by atoms with Gasteiger partial charge in [-0.15, -0.1) is 0 Å². The average Bonchev–Trinajstić information content (AvgIpc) is 2.88. The van der Waals surface area contributed by atoms with Gasteiger partial charge in [0.2, 0.25) is 5.91 Å². The Bertz CT molecular complexity index is 1020. The number of fused-ring (bicyclic) bond motifs is 1. The third kappa shape index (κ3) is 4.43. The molecule has 142 valence electrons. The predicted octanol–water partition coefficient (Wildman–Crippen LogP) is 3.08. The van der Waals surface area contributed by atoms with Gasteiger partial charge in [0.05, 0.1) is 11.4 Å². The number of sulfonamides is 1. The maximum absolute atomic E-state index is 12.3. The number of amides is 1. The van der Waals surface area contributed by atoms with E-state index in [-0.39, 0.29) is 29.6 Å². The van der Waals surface area contributed by atoms with Gasteiger partial charge in [-0.25, -0.2) is 8.42 Å². The molecule has 1 N–H and O–H groups in total. The molecule has 1 aliphatic heterocycles. The average molecular weight is 426 g/mol. The summed E-state index contributed by atoms with van der Waals surface area (Å²) in [5.74, 6) is 0.140. The number of nitrogens with zero attached hydrogens (tertiary/aromatic N) is 2. The Morgan fingerprint density at radius 2 is 1.93 bits per heavy atom. The van der Waals surface area contributed by atoms with Crippen molar-refractivity contribution in [2.75, 3.05) is 13.6 Å². The van der Waals surface area contributed by atoms with Gasteiger partial charge in [-0.3, -0.25) is 14.5 Å². The first-order valence-electron chi connectivity index (χ1n) is 8.12. The molecule has 6 nitrogen and oxygen atoms in total. The molecule has 1 heterocycles. The molecule has 2 aromatic rings. The van der Waals surface area contributed by atoms with Crippen LogP contribution in [0.15, 0.2) is 52.4 Å². The summed E-state index contributed by atoms with van der Waals surface area (Å²) in [6, 6.07) is 11.7. The molecule has 3 rings (SSSR count). The van der Waals surface area contributed by atoms with Crippen LogP contribution >= 0.6 is 23.2 Å². The number of hydrogen-bond acceptors (Lipinski definition) is 4. The second-order valence-corrected chi connectivity index (χ2v) is 8.56. The fourth-order valence-corrected chi connectivity index (χ4v) is 4.42. The van der Waals surface area contributed by atoms with Crippen molar-refractivity contribution in [3.63, 3.8) is 0 Å². The smallest absolute Gasteiger partial charge is 0.263 e. The number of halogens is 2. The number of hydrogen-bond donors (Lipinski definition) is 1. The van der Waals surface area contributed by atoms with E-state index in [1.807, 2.05) is 0 Å². The second-order valence-electron chi connectivity index (χ2n) is 6.07. The van der Waals surface area contributed by atoms with Gasteiger partial charge < -0.3 is 4.90 Å². The van der Waals surface area contributed by atoms with E-state index in [9.17, 15) is 13.2 Å². The van der Waals surface area contributed by atoms with Crippen molar-refractivity contribution in [2.24, 2.45) is 4.99 Å². The minimum atomic E-state index is -3.57. The molecule has 1 aliphatic rings. The lowest BCUT2D eigenvalue weighted by Gasteiger charge is -2.17. The number of carbonyl (C=O) groups excluding carboxylic acids is 1. The number of carbonyl (C=O) groups is 1. The highest BCUT2D eigenvalue weighted by atomic mass is 35.5. The first-order chi connectivity index (χ1) is 12.8. The Morgan fingerprint density at radius 1 is 1.19 bits per heavy atom. The van der Waals surface area contributed by atoms with Gasteiger partial charge in [-0.1, -0.05) is 41.4 Å². The van der Waals surface area contributed by atoms with Crippen molar-refractivity contribution in [3.05, 3.63) is 63.6 Å². The molecule has 0 unspecified atom stereocenters. The van der Waals surface area contributed by atoms with Crippen molar-refractivity contribution in [3.8, 4) is 0 Å². The normalized spacial score (nSPS) is 16.0. The Morgan fingerprint density at radius 3 is 2.67 bits per heavy atom. The van der Waals surface area contributed by atoms with Crippen molar-refractivity contribution in [1.29, 1.82) is 0 Å². The molecule has 27 heavy (non-hydrogen) atoms. The zero-order valence-electron chi connectivity index (χ0n) is 14.4. The van der Waals surface area contributed by atoms with Crippen LogP contribution in [0.25, 0.3) is 0 Å². The van der Waals surface area contributed by atoms with E-state index in [1.165, 1.54) is 6.07 Å². The fourth-order valence-electron chi connectivity index (χ4n) is 2.70. The first-order valence-corrected chi connectivity index (χ1v) is 10.4. The van der Waals surface area contributed by atoms with Crippen LogP contribution in [-0.2, 0) is 21.4 Å². The van der Waals surface area contributed by atoms with Gasteiger partial charge in [0.1, 0.15) is 5.84 Å². The summed E-state index contributed by atoms with van der Waals surface area (Å²) in [7, 11) is -1.90. The summed E-state index contributed by atoms with van der Waals surface area (Å²) < 4.78 is 26.5. The summed E-state index contributed by atoms with van der Waals surface area (Å²) in [6.07, 6.45) is 0.148. The van der Waals surface area contributed by atoms with Gasteiger partial charge in [0.15, 0.2) is 0 Å². The highest BCUT2D eigenvalue weighted by Gasteiger charge is 2.30. The zero-order chi connectivity index (χ0) is 19.6. The highest BCUT2D eigenvalue weighted by molar-refractivity contribution is 7.90. The fraction of sp³-hybridized carbons (Fsp3) is 0.222. The third-order valence-electron chi connectivity index (χ3n) is 4.11. The third-order valence-corrected chi connectivity index (χ3v) is 6.09. The molecule has 0 fully saturated rings. The van der Waals surface area contributed by atoms with Crippen molar-refractivity contribution >= 4 is 45.0 Å². The highest BCUT2D eigenvalue weighted by Crippen LogP contribution is 2.23. The summed E-state index contributed by atoms with van der Waals surface area (Å²) in [5, 5.41) is 1.03. The summed E-state index contributed by atoms with van der Waals surface area (Å²) >= 11 is 12.0. The Balaban J connectivity index is 1.62. The topological polar surface area (TPSA) is 78.8 Å². The van der Waals surface area contributed by atoms with E-state index in [2.05, 4.69) is 9.71 Å². The predicted molar refractivity (Wildman–Crippen MR) is 106 cm³/mol. The molecule has 2 aromatic carbocycles. The Hall–Kier alpha value is -2.09. The molecule has 9 heteroatoms. The van der Waals surface area contributed by atoms with Gasteiger partial charge in [0.25, 0.3) is 10.0 Å². The molecule has 0 saturated heterocycles. The summed E-state index contributed by atoms with van der Waals surface area (Å²) in [4.78, 5) is 18.3. The molecule has 0 aliphatic carbocycles. The van der Waals surface area contributed by atoms with Crippen LogP contribution in [0.2, 0.25) is 10.0 Å². The molecule has 1 amide bonds. The maximum atomic E-state index is 12.3. The first kappa shape index (κ1) is 19.7. The molecule has 0 aromatic heterocycles. The molecule has 0 saturated carbocycles. The summed E-state index contributed by atoms with van der Waals surface area (Å²) in [6.45, 7) is 0.518. The molecule has 0 spiro atoms. The second kappa shape index (κ2) is 7.88. The number of aliphatic imine (C=N–C) groups is 1. The van der Waals surface area contributed by atoms with Crippen LogP contribution in [0.5, 0.6) is 0 Å². The van der Waals surface area contributed by atoms with E-state index in [0.717, 1.165) is 5.56 Å². The maximum Gasteiger partial charge on any atom is 0.263 e. The van der Waals surface area contributed by atoms with Gasteiger partial charge >= 0.3 is 0 Å². The van der Waals surface area contributed by atoms with Gasteiger partial charge in [-0.2, -0.15) is 0 Å². The lowest BCUT2D eigenvalue weighted by Crippen LogP contribution is -2.27. The van der Waals surface area contributed by atoms with Crippen molar-refractivity contribution < 1.29 is 13.2 Å². The number of benzene rings is 2. The van der Waals surface area contributed by atoms with E-state index in [0.29, 0.717) is 22.2 Å².